The minimum atomic E-state index is -0.169. The molecule has 2 amide bonds. The Labute approximate surface area is 242 Å². The SMILES string of the molecule is NCc1ccc(CNC(=O)c2ccc(CN3CCN(c4ncccn4)CC3)c(NC(=O)CCC3CCCC3)c2)cc1. The van der Waals surface area contributed by atoms with Crippen LogP contribution in [0.4, 0.5) is 11.6 Å². The van der Waals surface area contributed by atoms with Crippen LogP contribution in [0.15, 0.2) is 60.9 Å². The molecule has 2 heterocycles. The van der Waals surface area contributed by atoms with Gasteiger partial charge in [0.25, 0.3) is 5.91 Å². The van der Waals surface area contributed by atoms with Gasteiger partial charge in [0.1, 0.15) is 0 Å². The Morgan fingerprint density at radius 2 is 1.63 bits per heavy atom. The van der Waals surface area contributed by atoms with E-state index < -0.39 is 0 Å². The first kappa shape index (κ1) is 28.7. The summed E-state index contributed by atoms with van der Waals surface area (Å²) in [7, 11) is 0. The summed E-state index contributed by atoms with van der Waals surface area (Å²) in [6.45, 7) is 4.99. The van der Waals surface area contributed by atoms with Gasteiger partial charge in [0.2, 0.25) is 11.9 Å². The maximum absolute atomic E-state index is 13.1. The van der Waals surface area contributed by atoms with Crippen molar-refractivity contribution in [3.8, 4) is 0 Å². The van der Waals surface area contributed by atoms with Gasteiger partial charge in [0.15, 0.2) is 0 Å². The Balaban J connectivity index is 1.24. The normalized spacial score (nSPS) is 16.1. The molecule has 1 aromatic heterocycles. The van der Waals surface area contributed by atoms with Gasteiger partial charge < -0.3 is 21.3 Å². The lowest BCUT2D eigenvalue weighted by atomic mass is 10.0. The predicted octanol–water partition coefficient (Wildman–Crippen LogP) is 4.10. The molecule has 9 heteroatoms. The van der Waals surface area contributed by atoms with Gasteiger partial charge in [0, 0.05) is 75.9 Å². The van der Waals surface area contributed by atoms with Crippen LogP contribution < -0.4 is 21.3 Å². The van der Waals surface area contributed by atoms with Crippen molar-refractivity contribution in [2.75, 3.05) is 36.4 Å². The van der Waals surface area contributed by atoms with Crippen LogP contribution in [0, 0.1) is 5.92 Å². The van der Waals surface area contributed by atoms with Gasteiger partial charge in [-0.3, -0.25) is 14.5 Å². The number of carbonyl (C=O) groups excluding carboxylic acids is 2. The van der Waals surface area contributed by atoms with Crippen molar-refractivity contribution < 1.29 is 9.59 Å². The standard InChI is InChI=1S/C32H41N7O2/c33-21-25-6-8-26(9-7-25)22-36-31(41)27-11-12-28(29(20-27)37-30(40)13-10-24-4-1-2-5-24)23-38-16-18-39(19-17-38)32-34-14-3-15-35-32/h3,6-9,11-12,14-15,20,24H,1-2,4-5,10,13,16-19,21-23,33H2,(H,36,41)(H,37,40). The summed E-state index contributed by atoms with van der Waals surface area (Å²) in [5.74, 6) is 1.26. The molecule has 0 bridgehead atoms. The van der Waals surface area contributed by atoms with E-state index in [0.29, 0.717) is 37.5 Å². The maximum Gasteiger partial charge on any atom is 0.251 e. The lowest BCUT2D eigenvalue weighted by molar-refractivity contribution is -0.116. The lowest BCUT2D eigenvalue weighted by Gasteiger charge is -2.35. The number of benzene rings is 2. The second-order valence-corrected chi connectivity index (χ2v) is 11.1. The molecule has 0 spiro atoms. The van der Waals surface area contributed by atoms with Crippen molar-refractivity contribution in [2.45, 2.75) is 58.2 Å². The van der Waals surface area contributed by atoms with Gasteiger partial charge in [-0.15, -0.1) is 0 Å². The van der Waals surface area contributed by atoms with Crippen molar-refractivity contribution in [2.24, 2.45) is 11.7 Å². The van der Waals surface area contributed by atoms with Crippen LogP contribution in [-0.2, 0) is 24.4 Å². The van der Waals surface area contributed by atoms with Gasteiger partial charge in [0.05, 0.1) is 0 Å². The Morgan fingerprint density at radius 1 is 0.927 bits per heavy atom. The highest BCUT2D eigenvalue weighted by molar-refractivity contribution is 5.97. The van der Waals surface area contributed by atoms with E-state index in [4.69, 9.17) is 5.73 Å². The second-order valence-electron chi connectivity index (χ2n) is 11.1. The molecule has 3 aromatic rings. The summed E-state index contributed by atoms with van der Waals surface area (Å²) in [6, 6.07) is 15.4. The third kappa shape index (κ3) is 8.11. The molecule has 41 heavy (non-hydrogen) atoms. The number of nitrogens with one attached hydrogen (secondary N) is 2. The quantitative estimate of drug-likeness (QED) is 0.326. The molecular formula is C32H41N7O2. The first-order valence-electron chi connectivity index (χ1n) is 14.8. The monoisotopic (exact) mass is 555 g/mol. The average Bonchev–Trinajstić information content (AvgIpc) is 3.55. The summed E-state index contributed by atoms with van der Waals surface area (Å²) in [5.41, 5.74) is 10.0. The van der Waals surface area contributed by atoms with Crippen molar-refractivity contribution in [1.82, 2.24) is 20.2 Å². The minimum Gasteiger partial charge on any atom is -0.348 e. The number of anilines is 2. The third-order valence-corrected chi connectivity index (χ3v) is 8.21. The number of piperazine rings is 1. The molecule has 0 unspecified atom stereocenters. The lowest BCUT2D eigenvalue weighted by Crippen LogP contribution is -2.46. The summed E-state index contributed by atoms with van der Waals surface area (Å²) in [5, 5.41) is 6.16. The predicted molar refractivity (Wildman–Crippen MR) is 161 cm³/mol. The number of hydrogen-bond acceptors (Lipinski definition) is 7. The number of aromatic nitrogens is 2. The molecule has 2 aliphatic rings. The molecule has 4 N–H and O–H groups in total. The zero-order valence-electron chi connectivity index (χ0n) is 23.7. The van der Waals surface area contributed by atoms with E-state index in [0.717, 1.165) is 60.9 Å². The highest BCUT2D eigenvalue weighted by atomic mass is 16.2. The summed E-state index contributed by atoms with van der Waals surface area (Å²) >= 11 is 0. The number of nitrogens with two attached hydrogens (primary N) is 1. The second kappa shape index (κ2) is 14.2. The van der Waals surface area contributed by atoms with Crippen LogP contribution in [-0.4, -0.2) is 52.9 Å². The largest absolute Gasteiger partial charge is 0.348 e. The zero-order valence-corrected chi connectivity index (χ0v) is 23.7. The van der Waals surface area contributed by atoms with Gasteiger partial charge in [-0.1, -0.05) is 56.0 Å². The molecule has 5 rings (SSSR count). The zero-order chi connectivity index (χ0) is 28.4. The Morgan fingerprint density at radius 3 is 2.34 bits per heavy atom. The van der Waals surface area contributed by atoms with Crippen LogP contribution in [0.25, 0.3) is 0 Å². The molecule has 9 nitrogen and oxygen atoms in total. The first-order valence-corrected chi connectivity index (χ1v) is 14.8. The van der Waals surface area contributed by atoms with Crippen molar-refractivity contribution in [1.29, 1.82) is 0 Å². The van der Waals surface area contributed by atoms with Gasteiger partial charge in [-0.05, 0) is 47.2 Å². The van der Waals surface area contributed by atoms with Crippen molar-refractivity contribution in [3.63, 3.8) is 0 Å². The van der Waals surface area contributed by atoms with Gasteiger partial charge >= 0.3 is 0 Å². The van der Waals surface area contributed by atoms with E-state index in [1.54, 1.807) is 12.4 Å². The molecule has 216 valence electrons. The number of carbonyl (C=O) groups is 2. The fourth-order valence-electron chi connectivity index (χ4n) is 5.70. The average molecular weight is 556 g/mol. The molecule has 1 saturated heterocycles. The fraction of sp³-hybridized carbons (Fsp3) is 0.438. The fourth-order valence-corrected chi connectivity index (χ4v) is 5.70. The molecule has 1 aliphatic carbocycles. The number of hydrogen-bond donors (Lipinski definition) is 3. The Kier molecular flexibility index (Phi) is 9.93. The summed E-state index contributed by atoms with van der Waals surface area (Å²) < 4.78 is 0. The smallest absolute Gasteiger partial charge is 0.251 e. The molecule has 2 aromatic carbocycles. The highest BCUT2D eigenvalue weighted by Crippen LogP contribution is 2.29. The molecular weight excluding hydrogens is 514 g/mol. The van der Waals surface area contributed by atoms with Crippen molar-refractivity contribution in [3.05, 3.63) is 83.2 Å². The third-order valence-electron chi connectivity index (χ3n) is 8.21. The van der Waals surface area contributed by atoms with E-state index in [1.807, 2.05) is 48.5 Å². The van der Waals surface area contributed by atoms with Crippen LogP contribution in [0.1, 0.15) is 65.6 Å². The van der Waals surface area contributed by atoms with E-state index >= 15 is 0 Å². The summed E-state index contributed by atoms with van der Waals surface area (Å²) in [4.78, 5) is 39.4. The van der Waals surface area contributed by atoms with Crippen LogP contribution in [0.5, 0.6) is 0 Å². The van der Waals surface area contributed by atoms with E-state index in [1.165, 1.54) is 25.7 Å². The Bertz CT molecular complexity index is 1290. The topological polar surface area (TPSA) is 116 Å². The highest BCUT2D eigenvalue weighted by Gasteiger charge is 2.21. The molecule has 0 radical (unpaired) electrons. The van der Waals surface area contributed by atoms with Gasteiger partial charge in [-0.25, -0.2) is 9.97 Å². The Hall–Kier alpha value is -3.82. The van der Waals surface area contributed by atoms with E-state index in [2.05, 4.69) is 30.4 Å². The van der Waals surface area contributed by atoms with Crippen LogP contribution in [0.2, 0.25) is 0 Å². The molecule has 0 atom stereocenters. The number of nitrogens with zero attached hydrogens (tertiary/aromatic N) is 4. The van der Waals surface area contributed by atoms with Gasteiger partial charge in [-0.2, -0.15) is 0 Å². The van der Waals surface area contributed by atoms with Crippen molar-refractivity contribution >= 4 is 23.5 Å². The summed E-state index contributed by atoms with van der Waals surface area (Å²) in [6.07, 6.45) is 9.97. The van der Waals surface area contributed by atoms with Crippen LogP contribution in [0.3, 0.4) is 0 Å². The van der Waals surface area contributed by atoms with E-state index in [-0.39, 0.29) is 11.8 Å². The van der Waals surface area contributed by atoms with Crippen LogP contribution >= 0.6 is 0 Å². The molecule has 1 aliphatic heterocycles. The molecule has 1 saturated carbocycles. The minimum absolute atomic E-state index is 0.0155. The molecule has 2 fully saturated rings. The maximum atomic E-state index is 13.1. The first-order chi connectivity index (χ1) is 20.1. The van der Waals surface area contributed by atoms with E-state index in [9.17, 15) is 9.59 Å². The number of rotatable bonds is 11. The number of amides is 2.